The molecule has 0 spiro atoms. The van der Waals surface area contributed by atoms with Crippen LogP contribution in [0.2, 0.25) is 0 Å². The third-order valence-corrected chi connectivity index (χ3v) is 3.90. The molecule has 24 heavy (non-hydrogen) atoms. The second kappa shape index (κ2) is 5.58. The zero-order valence-corrected chi connectivity index (χ0v) is 12.5. The van der Waals surface area contributed by atoms with E-state index < -0.39 is 11.9 Å². The van der Waals surface area contributed by atoms with E-state index in [4.69, 9.17) is 11.5 Å². The van der Waals surface area contributed by atoms with Gasteiger partial charge in [-0.3, -0.25) is 4.79 Å². The quantitative estimate of drug-likeness (QED) is 0.551. The molecule has 0 saturated heterocycles. The van der Waals surface area contributed by atoms with Crippen molar-refractivity contribution in [2.24, 2.45) is 5.73 Å². The largest absolute Gasteiger partial charge is 0.507 e. The molecule has 0 unspecified atom stereocenters. The first-order valence-electron chi connectivity index (χ1n) is 7.08. The minimum absolute atomic E-state index is 0.0568. The SMILES string of the molecule is NC(=O)c1c(-c2c(O)ccc3ccccc23)ccc(C(=O)O)c1N. The summed E-state index contributed by atoms with van der Waals surface area (Å²) >= 11 is 0. The highest BCUT2D eigenvalue weighted by Gasteiger charge is 2.22. The van der Waals surface area contributed by atoms with Crippen LogP contribution < -0.4 is 11.5 Å². The number of hydrogen-bond acceptors (Lipinski definition) is 4. The fraction of sp³-hybridized carbons (Fsp3) is 0. The lowest BCUT2D eigenvalue weighted by atomic mass is 9.91. The van der Waals surface area contributed by atoms with Crippen molar-refractivity contribution in [3.8, 4) is 16.9 Å². The number of amides is 1. The number of phenols is 1. The molecule has 0 heterocycles. The van der Waals surface area contributed by atoms with Crippen molar-refractivity contribution >= 4 is 28.3 Å². The Hall–Kier alpha value is -3.54. The Morgan fingerprint density at radius 3 is 2.33 bits per heavy atom. The standard InChI is InChI=1S/C18H14N2O4/c19-16-12(18(23)24)7-6-11(15(16)17(20)22)14-10-4-2-1-3-9(10)5-8-13(14)21/h1-8,21H,19H2,(H2,20,22)(H,23,24). The molecule has 0 aliphatic heterocycles. The summed E-state index contributed by atoms with van der Waals surface area (Å²) in [6, 6.07) is 13.3. The Morgan fingerprint density at radius 1 is 0.958 bits per heavy atom. The monoisotopic (exact) mass is 322 g/mol. The zero-order chi connectivity index (χ0) is 17.4. The van der Waals surface area contributed by atoms with E-state index in [1.807, 2.05) is 12.1 Å². The zero-order valence-electron chi connectivity index (χ0n) is 12.5. The highest BCUT2D eigenvalue weighted by molar-refractivity contribution is 6.13. The lowest BCUT2D eigenvalue weighted by Gasteiger charge is -2.15. The van der Waals surface area contributed by atoms with Crippen molar-refractivity contribution in [2.75, 3.05) is 5.73 Å². The number of fused-ring (bicyclic) bond motifs is 1. The summed E-state index contributed by atoms with van der Waals surface area (Å²) in [5, 5.41) is 21.1. The molecular weight excluding hydrogens is 308 g/mol. The maximum absolute atomic E-state index is 11.9. The van der Waals surface area contributed by atoms with Gasteiger partial charge in [0.2, 0.25) is 0 Å². The first-order chi connectivity index (χ1) is 11.4. The van der Waals surface area contributed by atoms with Gasteiger partial charge in [0.1, 0.15) is 5.75 Å². The van der Waals surface area contributed by atoms with Crippen molar-refractivity contribution < 1.29 is 19.8 Å². The Labute approximate surface area is 136 Å². The number of carbonyl (C=O) groups is 2. The van der Waals surface area contributed by atoms with Gasteiger partial charge in [-0.1, -0.05) is 36.4 Å². The molecule has 0 bridgehead atoms. The minimum atomic E-state index is -1.26. The number of benzene rings is 3. The Kier molecular flexibility index (Phi) is 3.57. The number of hydrogen-bond donors (Lipinski definition) is 4. The van der Waals surface area contributed by atoms with Gasteiger partial charge in [-0.25, -0.2) is 4.79 Å². The summed E-state index contributed by atoms with van der Waals surface area (Å²) in [4.78, 5) is 23.1. The summed E-state index contributed by atoms with van der Waals surface area (Å²) < 4.78 is 0. The number of primary amides is 1. The number of carboxylic acids is 1. The van der Waals surface area contributed by atoms with Crippen LogP contribution in [-0.2, 0) is 0 Å². The number of aromatic hydroxyl groups is 1. The van der Waals surface area contributed by atoms with Gasteiger partial charge in [-0.2, -0.15) is 0 Å². The molecule has 0 aliphatic carbocycles. The summed E-state index contributed by atoms with van der Waals surface area (Å²) in [7, 11) is 0. The lowest BCUT2D eigenvalue weighted by molar-refractivity contribution is 0.0698. The third-order valence-electron chi connectivity index (χ3n) is 3.90. The topological polar surface area (TPSA) is 127 Å². The maximum atomic E-state index is 11.9. The Balaban J connectivity index is 2.44. The normalized spacial score (nSPS) is 10.7. The number of rotatable bonds is 3. The van der Waals surface area contributed by atoms with E-state index in [9.17, 15) is 19.8 Å². The number of aromatic carboxylic acids is 1. The molecular formula is C18H14N2O4. The summed E-state index contributed by atoms with van der Waals surface area (Å²) in [5.41, 5.74) is 11.4. The van der Waals surface area contributed by atoms with Gasteiger partial charge in [-0.05, 0) is 22.9 Å². The van der Waals surface area contributed by atoms with Gasteiger partial charge in [-0.15, -0.1) is 0 Å². The molecule has 0 aliphatic rings. The molecule has 0 fully saturated rings. The molecule has 3 aromatic carbocycles. The summed E-state index contributed by atoms with van der Waals surface area (Å²) in [6.07, 6.45) is 0. The molecule has 6 nitrogen and oxygen atoms in total. The van der Waals surface area contributed by atoms with Crippen molar-refractivity contribution in [3.05, 3.63) is 59.7 Å². The molecule has 0 radical (unpaired) electrons. The fourth-order valence-corrected chi connectivity index (χ4v) is 2.82. The molecule has 120 valence electrons. The van der Waals surface area contributed by atoms with E-state index >= 15 is 0 Å². The Morgan fingerprint density at radius 2 is 1.67 bits per heavy atom. The van der Waals surface area contributed by atoms with Gasteiger partial charge >= 0.3 is 5.97 Å². The van der Waals surface area contributed by atoms with E-state index in [1.54, 1.807) is 18.2 Å². The van der Waals surface area contributed by atoms with Crippen LogP contribution in [0.25, 0.3) is 21.9 Å². The number of anilines is 1. The van der Waals surface area contributed by atoms with Crippen LogP contribution in [-0.4, -0.2) is 22.1 Å². The molecule has 3 rings (SSSR count). The minimum Gasteiger partial charge on any atom is -0.507 e. The smallest absolute Gasteiger partial charge is 0.337 e. The first-order valence-corrected chi connectivity index (χ1v) is 7.08. The van der Waals surface area contributed by atoms with Crippen LogP contribution in [0.15, 0.2) is 48.5 Å². The van der Waals surface area contributed by atoms with Crippen LogP contribution >= 0.6 is 0 Å². The van der Waals surface area contributed by atoms with Crippen LogP contribution in [0.5, 0.6) is 5.75 Å². The average Bonchev–Trinajstić information content (AvgIpc) is 2.53. The van der Waals surface area contributed by atoms with Crippen molar-refractivity contribution in [3.63, 3.8) is 0 Å². The number of phenolic OH excluding ortho intramolecular Hbond substituents is 1. The van der Waals surface area contributed by atoms with Gasteiger partial charge < -0.3 is 21.7 Å². The van der Waals surface area contributed by atoms with E-state index in [0.29, 0.717) is 16.5 Å². The van der Waals surface area contributed by atoms with E-state index in [0.717, 1.165) is 5.39 Å². The second-order valence-corrected chi connectivity index (χ2v) is 5.30. The van der Waals surface area contributed by atoms with Crippen LogP contribution in [0.1, 0.15) is 20.7 Å². The van der Waals surface area contributed by atoms with Crippen molar-refractivity contribution in [2.45, 2.75) is 0 Å². The van der Waals surface area contributed by atoms with E-state index in [-0.39, 0.29) is 22.6 Å². The van der Waals surface area contributed by atoms with Crippen LogP contribution in [0.4, 0.5) is 5.69 Å². The molecule has 6 N–H and O–H groups in total. The van der Waals surface area contributed by atoms with Gasteiger partial charge in [0, 0.05) is 11.1 Å². The summed E-state index contributed by atoms with van der Waals surface area (Å²) in [5.74, 6) is -2.18. The predicted molar refractivity (Wildman–Crippen MR) is 90.9 cm³/mol. The van der Waals surface area contributed by atoms with Gasteiger partial charge in [0.25, 0.3) is 5.91 Å². The third kappa shape index (κ3) is 2.30. The maximum Gasteiger partial charge on any atom is 0.337 e. The average molecular weight is 322 g/mol. The van der Waals surface area contributed by atoms with Crippen molar-refractivity contribution in [1.29, 1.82) is 0 Å². The molecule has 0 saturated carbocycles. The molecule has 0 aromatic heterocycles. The van der Waals surface area contributed by atoms with Gasteiger partial charge in [0.15, 0.2) is 0 Å². The van der Waals surface area contributed by atoms with E-state index in [2.05, 4.69) is 0 Å². The molecule has 1 amide bonds. The van der Waals surface area contributed by atoms with Crippen molar-refractivity contribution in [1.82, 2.24) is 0 Å². The number of carbonyl (C=O) groups excluding carboxylic acids is 1. The van der Waals surface area contributed by atoms with Crippen LogP contribution in [0, 0.1) is 0 Å². The molecule has 0 atom stereocenters. The van der Waals surface area contributed by atoms with E-state index in [1.165, 1.54) is 18.2 Å². The van der Waals surface area contributed by atoms with Gasteiger partial charge in [0.05, 0.1) is 16.8 Å². The van der Waals surface area contributed by atoms with Crippen LogP contribution in [0.3, 0.4) is 0 Å². The highest BCUT2D eigenvalue weighted by atomic mass is 16.4. The second-order valence-electron chi connectivity index (χ2n) is 5.30. The molecule has 3 aromatic rings. The Bertz CT molecular complexity index is 996. The number of carboxylic acid groups (broad SMARTS) is 1. The predicted octanol–water partition coefficient (Wildman–Crippen LogP) is 2.59. The number of nitrogen functional groups attached to an aromatic ring is 1. The number of nitrogens with two attached hydrogens (primary N) is 2. The first kappa shape index (κ1) is 15.4. The lowest BCUT2D eigenvalue weighted by Crippen LogP contribution is -2.17. The summed E-state index contributed by atoms with van der Waals surface area (Å²) in [6.45, 7) is 0. The highest BCUT2D eigenvalue weighted by Crippen LogP contribution is 2.40. The molecule has 6 heteroatoms. The fourth-order valence-electron chi connectivity index (χ4n) is 2.82.